The van der Waals surface area contributed by atoms with Crippen LogP contribution in [-0.2, 0) is 0 Å². The molecule has 6 unspecified atom stereocenters. The molecule has 2 saturated carbocycles. The molecule has 0 saturated heterocycles. The molecule has 4 aliphatic carbocycles. The molecule has 1 heterocycles. The summed E-state index contributed by atoms with van der Waals surface area (Å²) in [5.74, 6) is 3.01. The fourth-order valence-corrected chi connectivity index (χ4v) is 7.87. The van der Waals surface area contributed by atoms with Gasteiger partial charge in [0, 0.05) is 18.8 Å². The van der Waals surface area contributed by atoms with Crippen LogP contribution >= 0.6 is 0 Å². The van der Waals surface area contributed by atoms with Gasteiger partial charge in [-0.1, -0.05) is 31.6 Å². The number of rotatable bonds is 4. The fourth-order valence-electron chi connectivity index (χ4n) is 7.87. The largest absolute Gasteiger partial charge is 0.495 e. The van der Waals surface area contributed by atoms with Gasteiger partial charge in [-0.15, -0.1) is 0 Å². The molecule has 33 heavy (non-hydrogen) atoms. The maximum absolute atomic E-state index is 12.1. The lowest BCUT2D eigenvalue weighted by molar-refractivity contribution is -0.0121. The second-order valence-corrected chi connectivity index (χ2v) is 11.1. The van der Waals surface area contributed by atoms with Crippen molar-refractivity contribution in [1.82, 2.24) is 15.6 Å². The van der Waals surface area contributed by atoms with E-state index in [0.717, 1.165) is 30.4 Å². The first-order chi connectivity index (χ1) is 15.9. The first kappa shape index (κ1) is 22.5. The molecule has 2 N–H and O–H groups in total. The van der Waals surface area contributed by atoms with E-state index in [4.69, 9.17) is 4.74 Å². The number of fused-ring (bicyclic) bond motifs is 5. The molecular weight excluding hydrogens is 410 g/mol. The van der Waals surface area contributed by atoms with Crippen LogP contribution in [0.5, 0.6) is 5.75 Å². The topological polar surface area (TPSA) is 63.2 Å². The SMILES string of the molecule is CCNC(=O)NC1CCC2(C)C(=CCC3C2CCC2(C)C(c4cncc(OC)c4)=CCC32)C1. The number of nitrogens with one attached hydrogen (secondary N) is 2. The molecule has 178 valence electrons. The molecule has 2 amide bonds. The number of carbonyl (C=O) groups excluding carboxylic acids is 1. The number of hydrogen-bond acceptors (Lipinski definition) is 3. The lowest BCUT2D eigenvalue weighted by Crippen LogP contribution is -2.52. The van der Waals surface area contributed by atoms with Crippen molar-refractivity contribution in [3.05, 3.63) is 41.7 Å². The van der Waals surface area contributed by atoms with Gasteiger partial charge in [-0.05, 0) is 97.7 Å². The minimum absolute atomic E-state index is 0.0228. The molecule has 0 aliphatic heterocycles. The zero-order chi connectivity index (χ0) is 23.2. The number of methoxy groups -OCH3 is 1. The van der Waals surface area contributed by atoms with Crippen LogP contribution in [0.25, 0.3) is 5.57 Å². The number of aromatic nitrogens is 1. The first-order valence-corrected chi connectivity index (χ1v) is 12.8. The van der Waals surface area contributed by atoms with Crippen LogP contribution in [0, 0.1) is 28.6 Å². The second-order valence-electron chi connectivity index (χ2n) is 11.1. The van der Waals surface area contributed by atoms with Crippen molar-refractivity contribution in [2.24, 2.45) is 28.6 Å². The van der Waals surface area contributed by atoms with Crippen LogP contribution in [0.15, 0.2) is 36.2 Å². The minimum Gasteiger partial charge on any atom is -0.495 e. The summed E-state index contributed by atoms with van der Waals surface area (Å²) in [7, 11) is 1.71. The predicted octanol–water partition coefficient (Wildman–Crippen LogP) is 5.73. The maximum atomic E-state index is 12.1. The molecule has 0 spiro atoms. The molecule has 1 aromatic heterocycles. The summed E-state index contributed by atoms with van der Waals surface area (Å²) in [5, 5.41) is 6.09. The molecule has 5 rings (SSSR count). The van der Waals surface area contributed by atoms with Crippen molar-refractivity contribution in [3.63, 3.8) is 0 Å². The van der Waals surface area contributed by atoms with Gasteiger partial charge >= 0.3 is 6.03 Å². The smallest absolute Gasteiger partial charge is 0.315 e. The van der Waals surface area contributed by atoms with Gasteiger partial charge in [0.1, 0.15) is 5.75 Å². The normalized spacial score (nSPS) is 37.1. The molecule has 2 fully saturated rings. The Hall–Kier alpha value is -2.30. The third-order valence-electron chi connectivity index (χ3n) is 9.62. The van der Waals surface area contributed by atoms with Gasteiger partial charge in [0.05, 0.1) is 13.3 Å². The van der Waals surface area contributed by atoms with Crippen LogP contribution in [-0.4, -0.2) is 30.7 Å². The van der Waals surface area contributed by atoms with Gasteiger partial charge in [-0.25, -0.2) is 4.79 Å². The highest BCUT2D eigenvalue weighted by Gasteiger charge is 2.56. The quantitative estimate of drug-likeness (QED) is 0.577. The number of urea groups is 1. The van der Waals surface area contributed by atoms with E-state index in [1.807, 2.05) is 13.1 Å². The fraction of sp³-hybridized carbons (Fsp3) is 0.643. The van der Waals surface area contributed by atoms with E-state index in [-0.39, 0.29) is 22.9 Å². The number of nitrogens with zero attached hydrogens (tertiary/aromatic N) is 1. The summed E-state index contributed by atoms with van der Waals surface area (Å²) in [6.07, 6.45) is 17.0. The molecule has 0 aromatic carbocycles. The lowest BCUT2D eigenvalue weighted by Gasteiger charge is -2.58. The summed E-state index contributed by atoms with van der Waals surface area (Å²) in [4.78, 5) is 16.5. The minimum atomic E-state index is -0.0228. The molecule has 1 aromatic rings. The van der Waals surface area contributed by atoms with Gasteiger partial charge in [0.25, 0.3) is 0 Å². The van der Waals surface area contributed by atoms with Crippen molar-refractivity contribution in [1.29, 1.82) is 0 Å². The van der Waals surface area contributed by atoms with Gasteiger partial charge in [0.15, 0.2) is 0 Å². The number of allylic oxidation sites excluding steroid dienone is 3. The first-order valence-electron chi connectivity index (χ1n) is 12.8. The van der Waals surface area contributed by atoms with Crippen LogP contribution in [0.3, 0.4) is 0 Å². The van der Waals surface area contributed by atoms with Crippen molar-refractivity contribution >= 4 is 11.6 Å². The summed E-state index contributed by atoms with van der Waals surface area (Å²) in [6.45, 7) is 7.66. The van der Waals surface area contributed by atoms with Crippen LogP contribution in [0.2, 0.25) is 0 Å². The van der Waals surface area contributed by atoms with Crippen molar-refractivity contribution in [2.45, 2.75) is 71.8 Å². The standard InChI is InChI=1S/C28H39N3O2/c1-5-30-26(32)31-20-10-12-27(2)19(15-20)6-7-22-24-9-8-23(28(24,3)13-11-25(22)27)18-14-21(33-4)17-29-16-18/h6,8,14,16-17,20,22,24-25H,5,7,9-13,15H2,1-4H3,(H2,30,31,32). The van der Waals surface area contributed by atoms with E-state index in [1.54, 1.807) is 18.9 Å². The summed E-state index contributed by atoms with van der Waals surface area (Å²) < 4.78 is 5.46. The zero-order valence-corrected chi connectivity index (χ0v) is 20.6. The molecule has 0 bridgehead atoms. The zero-order valence-electron chi connectivity index (χ0n) is 20.6. The number of pyridine rings is 1. The molecule has 5 nitrogen and oxygen atoms in total. The van der Waals surface area contributed by atoms with Gasteiger partial charge in [-0.3, -0.25) is 4.98 Å². The Morgan fingerprint density at radius 3 is 2.73 bits per heavy atom. The Labute approximate surface area is 198 Å². The van der Waals surface area contributed by atoms with E-state index in [9.17, 15) is 4.79 Å². The predicted molar refractivity (Wildman–Crippen MR) is 132 cm³/mol. The van der Waals surface area contributed by atoms with E-state index in [2.05, 4.69) is 47.7 Å². The summed E-state index contributed by atoms with van der Waals surface area (Å²) in [6, 6.07) is 2.40. The summed E-state index contributed by atoms with van der Waals surface area (Å²) >= 11 is 0. The average molecular weight is 450 g/mol. The molecule has 4 aliphatic rings. The van der Waals surface area contributed by atoms with Crippen molar-refractivity contribution in [2.75, 3.05) is 13.7 Å². The molecule has 6 atom stereocenters. The number of ether oxygens (including phenoxy) is 1. The Morgan fingerprint density at radius 1 is 1.12 bits per heavy atom. The van der Waals surface area contributed by atoms with E-state index < -0.39 is 0 Å². The number of amides is 2. The van der Waals surface area contributed by atoms with Crippen molar-refractivity contribution < 1.29 is 9.53 Å². The van der Waals surface area contributed by atoms with Gasteiger partial charge < -0.3 is 15.4 Å². The highest BCUT2D eigenvalue weighted by molar-refractivity contribution is 5.74. The third kappa shape index (κ3) is 3.68. The molecule has 5 heteroatoms. The highest BCUT2D eigenvalue weighted by Crippen LogP contribution is 2.66. The molecule has 0 radical (unpaired) electrons. The van der Waals surface area contributed by atoms with Crippen LogP contribution < -0.4 is 15.4 Å². The van der Waals surface area contributed by atoms with E-state index >= 15 is 0 Å². The summed E-state index contributed by atoms with van der Waals surface area (Å²) in [5.41, 5.74) is 4.81. The number of hydrogen-bond donors (Lipinski definition) is 2. The Balaban J connectivity index is 1.35. The highest BCUT2D eigenvalue weighted by atomic mass is 16.5. The monoisotopic (exact) mass is 449 g/mol. The average Bonchev–Trinajstić information content (AvgIpc) is 3.17. The maximum Gasteiger partial charge on any atom is 0.315 e. The van der Waals surface area contributed by atoms with Crippen molar-refractivity contribution in [3.8, 4) is 5.75 Å². The Bertz CT molecular complexity index is 985. The van der Waals surface area contributed by atoms with Crippen LogP contribution in [0.1, 0.15) is 71.3 Å². The second kappa shape index (κ2) is 8.48. The van der Waals surface area contributed by atoms with Gasteiger partial charge in [0.2, 0.25) is 0 Å². The van der Waals surface area contributed by atoms with Gasteiger partial charge in [-0.2, -0.15) is 0 Å². The lowest BCUT2D eigenvalue weighted by atomic mass is 9.47. The number of carbonyl (C=O) groups is 1. The van der Waals surface area contributed by atoms with E-state index in [1.165, 1.54) is 43.2 Å². The Kier molecular flexibility index (Phi) is 5.78. The molecular formula is C28H39N3O2. The van der Waals surface area contributed by atoms with E-state index in [0.29, 0.717) is 12.5 Å². The third-order valence-corrected chi connectivity index (χ3v) is 9.62. The Morgan fingerprint density at radius 2 is 1.94 bits per heavy atom. The van der Waals surface area contributed by atoms with Crippen LogP contribution in [0.4, 0.5) is 4.79 Å².